The first-order valence-corrected chi connectivity index (χ1v) is 2.36. The fourth-order valence-electron chi connectivity index (χ4n) is 0.426. The van der Waals surface area contributed by atoms with Crippen molar-refractivity contribution in [2.24, 2.45) is 4.99 Å². The lowest BCUT2D eigenvalue weighted by atomic mass is 10.5. The molecule has 0 bridgehead atoms. The van der Waals surface area contributed by atoms with Crippen molar-refractivity contribution >= 4 is 6.34 Å². The van der Waals surface area contributed by atoms with E-state index in [9.17, 15) is 0 Å². The normalized spacial score (nSPS) is 20.6. The Kier molecular flexibility index (Phi) is 1.69. The molecule has 1 heterocycles. The van der Waals surface area contributed by atoms with Gasteiger partial charge in [0.15, 0.2) is 0 Å². The van der Waals surface area contributed by atoms with E-state index in [1.807, 2.05) is 0 Å². The second-order valence-electron chi connectivity index (χ2n) is 1.36. The molecule has 1 N–H and O–H groups in total. The van der Waals surface area contributed by atoms with Gasteiger partial charge in [0.25, 0.3) is 0 Å². The standard InChI is InChI=1S/C4H8N2O/c1-2-5-4-6-7-3-1/h4H,1-3H2,(H,5,6). The molecular weight excluding hydrogens is 92.1 g/mol. The molecule has 0 aromatic carbocycles. The molecule has 1 rings (SSSR count). The Labute approximate surface area is 42.3 Å². The number of nitrogens with zero attached hydrogens (tertiary/aromatic N) is 1. The maximum absolute atomic E-state index is 4.80. The maximum atomic E-state index is 4.80. The van der Waals surface area contributed by atoms with E-state index in [4.69, 9.17) is 4.84 Å². The van der Waals surface area contributed by atoms with Crippen molar-refractivity contribution in [2.75, 3.05) is 13.2 Å². The van der Waals surface area contributed by atoms with E-state index < -0.39 is 0 Å². The van der Waals surface area contributed by atoms with Gasteiger partial charge in [0.1, 0.15) is 6.34 Å². The molecule has 0 aromatic heterocycles. The number of rotatable bonds is 0. The van der Waals surface area contributed by atoms with Gasteiger partial charge in [-0.3, -0.25) is 15.3 Å². The van der Waals surface area contributed by atoms with Gasteiger partial charge in [-0.25, -0.2) is 0 Å². The number of hydrogen-bond acceptors (Lipinski definition) is 3. The van der Waals surface area contributed by atoms with E-state index in [2.05, 4.69) is 10.5 Å². The highest BCUT2D eigenvalue weighted by atomic mass is 16.6. The molecule has 0 spiro atoms. The third-order valence-electron chi connectivity index (χ3n) is 0.761. The molecule has 0 saturated carbocycles. The summed E-state index contributed by atoms with van der Waals surface area (Å²) in [5.74, 6) is 0. The molecule has 1 aliphatic heterocycles. The topological polar surface area (TPSA) is 33.6 Å². The van der Waals surface area contributed by atoms with Gasteiger partial charge in [0.2, 0.25) is 0 Å². The van der Waals surface area contributed by atoms with Crippen molar-refractivity contribution in [1.82, 2.24) is 5.48 Å². The summed E-state index contributed by atoms with van der Waals surface area (Å²) < 4.78 is 0. The van der Waals surface area contributed by atoms with Gasteiger partial charge in [-0.15, -0.1) is 0 Å². The van der Waals surface area contributed by atoms with Crippen molar-refractivity contribution < 1.29 is 4.84 Å². The minimum atomic E-state index is 0.764. The number of hydrogen-bond donors (Lipinski definition) is 1. The van der Waals surface area contributed by atoms with E-state index >= 15 is 0 Å². The van der Waals surface area contributed by atoms with Crippen LogP contribution in [-0.2, 0) is 4.84 Å². The quantitative estimate of drug-likeness (QED) is 0.462. The highest BCUT2D eigenvalue weighted by Gasteiger charge is 1.87. The van der Waals surface area contributed by atoms with E-state index in [1.54, 1.807) is 6.34 Å². The van der Waals surface area contributed by atoms with E-state index in [1.165, 1.54) is 0 Å². The molecule has 0 aromatic rings. The summed E-state index contributed by atoms with van der Waals surface area (Å²) >= 11 is 0. The highest BCUT2D eigenvalue weighted by Crippen LogP contribution is 1.82. The Morgan fingerprint density at radius 1 is 1.71 bits per heavy atom. The molecule has 0 aliphatic carbocycles. The first kappa shape index (κ1) is 4.59. The van der Waals surface area contributed by atoms with Crippen molar-refractivity contribution in [2.45, 2.75) is 6.42 Å². The van der Waals surface area contributed by atoms with E-state index in [-0.39, 0.29) is 0 Å². The summed E-state index contributed by atoms with van der Waals surface area (Å²) in [6.45, 7) is 1.65. The minimum Gasteiger partial charge on any atom is -0.275 e. The third kappa shape index (κ3) is 1.55. The van der Waals surface area contributed by atoms with Gasteiger partial charge in [0, 0.05) is 6.54 Å². The molecule has 0 radical (unpaired) electrons. The monoisotopic (exact) mass is 100 g/mol. The Morgan fingerprint density at radius 3 is 3.71 bits per heavy atom. The Balaban J connectivity index is 2.20. The molecule has 40 valence electrons. The summed E-state index contributed by atoms with van der Waals surface area (Å²) in [5.41, 5.74) is 2.56. The van der Waals surface area contributed by atoms with Gasteiger partial charge < -0.3 is 0 Å². The highest BCUT2D eigenvalue weighted by molar-refractivity contribution is 5.52. The molecule has 0 saturated heterocycles. The number of nitrogens with one attached hydrogen (secondary N) is 1. The largest absolute Gasteiger partial charge is 0.275 e. The molecule has 1 aliphatic rings. The Bertz CT molecular complexity index is 64.1. The van der Waals surface area contributed by atoms with Crippen molar-refractivity contribution in [3.8, 4) is 0 Å². The van der Waals surface area contributed by atoms with Gasteiger partial charge in [-0.2, -0.15) is 0 Å². The minimum absolute atomic E-state index is 0.764. The van der Waals surface area contributed by atoms with Crippen molar-refractivity contribution in [1.29, 1.82) is 0 Å². The zero-order chi connectivity index (χ0) is 4.95. The van der Waals surface area contributed by atoms with Crippen LogP contribution in [0.1, 0.15) is 6.42 Å². The fourth-order valence-corrected chi connectivity index (χ4v) is 0.426. The van der Waals surface area contributed by atoms with Crippen molar-refractivity contribution in [3.05, 3.63) is 0 Å². The zero-order valence-electron chi connectivity index (χ0n) is 4.05. The van der Waals surface area contributed by atoms with Crippen LogP contribution in [0.3, 0.4) is 0 Å². The third-order valence-corrected chi connectivity index (χ3v) is 0.761. The molecule has 0 unspecified atom stereocenters. The lowest BCUT2D eigenvalue weighted by Gasteiger charge is -1.92. The smallest absolute Gasteiger partial charge is 0.107 e. The Hall–Kier alpha value is -0.570. The summed E-state index contributed by atoms with van der Waals surface area (Å²) in [6.07, 6.45) is 2.59. The molecule has 0 amide bonds. The SMILES string of the molecule is C1=NCCCON1. The first-order chi connectivity index (χ1) is 3.50. The second kappa shape index (κ2) is 2.58. The van der Waals surface area contributed by atoms with Crippen LogP contribution in [0.2, 0.25) is 0 Å². The van der Waals surface area contributed by atoms with Crippen LogP contribution in [0.4, 0.5) is 0 Å². The van der Waals surface area contributed by atoms with Crippen LogP contribution in [0, 0.1) is 0 Å². The van der Waals surface area contributed by atoms with Crippen LogP contribution in [0.25, 0.3) is 0 Å². The summed E-state index contributed by atoms with van der Waals surface area (Å²) in [6, 6.07) is 0. The maximum Gasteiger partial charge on any atom is 0.107 e. The fraction of sp³-hybridized carbons (Fsp3) is 0.750. The van der Waals surface area contributed by atoms with Crippen LogP contribution in [-0.4, -0.2) is 19.5 Å². The molecule has 3 nitrogen and oxygen atoms in total. The van der Waals surface area contributed by atoms with Crippen LogP contribution in [0.15, 0.2) is 4.99 Å². The zero-order valence-corrected chi connectivity index (χ0v) is 4.05. The lowest BCUT2D eigenvalue weighted by Crippen LogP contribution is -2.09. The van der Waals surface area contributed by atoms with E-state index in [0.29, 0.717) is 0 Å². The van der Waals surface area contributed by atoms with Crippen molar-refractivity contribution in [3.63, 3.8) is 0 Å². The molecule has 3 heteroatoms. The average molecular weight is 100 g/mol. The molecule has 0 fully saturated rings. The van der Waals surface area contributed by atoms with Crippen LogP contribution >= 0.6 is 0 Å². The van der Waals surface area contributed by atoms with Gasteiger partial charge in [0.05, 0.1) is 6.61 Å². The summed E-state index contributed by atoms with van der Waals surface area (Å²) in [4.78, 5) is 8.70. The molecule has 7 heavy (non-hydrogen) atoms. The molecular formula is C4H8N2O. The van der Waals surface area contributed by atoms with E-state index in [0.717, 1.165) is 19.6 Å². The Morgan fingerprint density at radius 2 is 2.71 bits per heavy atom. The number of aliphatic imine (C=N–C) groups is 1. The number of hydroxylamine groups is 1. The predicted molar refractivity (Wildman–Crippen MR) is 27.1 cm³/mol. The molecule has 0 atom stereocenters. The lowest BCUT2D eigenvalue weighted by molar-refractivity contribution is 0.0922. The predicted octanol–water partition coefficient (Wildman–Crippen LogP) is -0.0604. The van der Waals surface area contributed by atoms with Gasteiger partial charge >= 0.3 is 0 Å². The average Bonchev–Trinajstić information content (AvgIpc) is 1.90. The summed E-state index contributed by atoms with van der Waals surface area (Å²) in [5, 5.41) is 0. The van der Waals surface area contributed by atoms with Crippen LogP contribution < -0.4 is 5.48 Å². The van der Waals surface area contributed by atoms with Gasteiger partial charge in [-0.05, 0) is 6.42 Å². The van der Waals surface area contributed by atoms with Crippen LogP contribution in [0.5, 0.6) is 0 Å². The first-order valence-electron chi connectivity index (χ1n) is 2.36. The summed E-state index contributed by atoms with van der Waals surface area (Å²) in [7, 11) is 0. The second-order valence-corrected chi connectivity index (χ2v) is 1.36. The van der Waals surface area contributed by atoms with Gasteiger partial charge in [-0.1, -0.05) is 0 Å².